The molecule has 6 rings (SSSR count). The highest BCUT2D eigenvalue weighted by atomic mass is 19.1. The van der Waals surface area contributed by atoms with Gasteiger partial charge in [-0.25, -0.2) is 9.37 Å². The molecule has 218 valence electrons. The summed E-state index contributed by atoms with van der Waals surface area (Å²) in [5.41, 5.74) is 2.98. The maximum atomic E-state index is 15.0. The predicted octanol–water partition coefficient (Wildman–Crippen LogP) is 5.64. The molecule has 0 bridgehead atoms. The third-order valence-corrected chi connectivity index (χ3v) is 7.36. The Bertz CT molecular complexity index is 1710. The fourth-order valence-electron chi connectivity index (χ4n) is 4.85. The first-order valence-corrected chi connectivity index (χ1v) is 13.8. The summed E-state index contributed by atoms with van der Waals surface area (Å²) in [7, 11) is 1.75. The monoisotopic (exact) mass is 580 g/mol. The van der Waals surface area contributed by atoms with Gasteiger partial charge < -0.3 is 20.5 Å². The fourth-order valence-corrected chi connectivity index (χ4v) is 4.85. The first kappa shape index (κ1) is 27.9. The molecule has 3 N–H and O–H groups in total. The van der Waals surface area contributed by atoms with Crippen molar-refractivity contribution in [3.63, 3.8) is 0 Å². The summed E-state index contributed by atoms with van der Waals surface area (Å²) in [6, 6.07) is 21.8. The number of allylic oxidation sites excluding steroid dienone is 1. The molecule has 1 aliphatic carbocycles. The molecule has 0 saturated heterocycles. The van der Waals surface area contributed by atoms with Gasteiger partial charge in [-0.3, -0.25) is 19.6 Å². The molecular weight excluding hydrogens is 551 g/mol. The molecule has 3 aromatic carbocycles. The van der Waals surface area contributed by atoms with E-state index in [1.807, 2.05) is 30.3 Å². The fraction of sp³-hybridized carbons (Fsp3) is 0.188. The van der Waals surface area contributed by atoms with Gasteiger partial charge in [-0.15, -0.1) is 0 Å². The van der Waals surface area contributed by atoms with Gasteiger partial charge in [0.05, 0.1) is 11.3 Å². The van der Waals surface area contributed by atoms with E-state index in [0.717, 1.165) is 18.9 Å². The van der Waals surface area contributed by atoms with Crippen LogP contribution in [0.5, 0.6) is 11.6 Å². The number of hydrazine groups is 1. The van der Waals surface area contributed by atoms with Crippen LogP contribution in [0.25, 0.3) is 0 Å². The lowest BCUT2D eigenvalue weighted by molar-refractivity contribution is -0.113. The van der Waals surface area contributed by atoms with Gasteiger partial charge in [0.25, 0.3) is 5.91 Å². The van der Waals surface area contributed by atoms with Crippen molar-refractivity contribution in [2.45, 2.75) is 26.0 Å². The molecule has 1 aromatic heterocycles. The topological polar surface area (TPSA) is 120 Å². The van der Waals surface area contributed by atoms with Crippen LogP contribution in [0.15, 0.2) is 96.3 Å². The summed E-state index contributed by atoms with van der Waals surface area (Å²) in [4.78, 5) is 33.8. The van der Waals surface area contributed by atoms with Crippen molar-refractivity contribution < 1.29 is 23.8 Å². The molecule has 1 unspecified atom stereocenters. The van der Waals surface area contributed by atoms with Crippen molar-refractivity contribution in [2.24, 2.45) is 5.92 Å². The van der Waals surface area contributed by atoms with Crippen LogP contribution in [0.2, 0.25) is 0 Å². The number of aromatic nitrogens is 2. The molecular formula is C32H29FN6O4. The zero-order valence-corrected chi connectivity index (χ0v) is 23.5. The van der Waals surface area contributed by atoms with Crippen LogP contribution in [0.3, 0.4) is 0 Å². The highest BCUT2D eigenvalue weighted by Gasteiger charge is 2.38. The van der Waals surface area contributed by atoms with E-state index in [4.69, 9.17) is 4.74 Å². The molecule has 10 nitrogen and oxygen atoms in total. The number of aliphatic hydroxyl groups is 1. The summed E-state index contributed by atoms with van der Waals surface area (Å²) >= 11 is 0. The van der Waals surface area contributed by atoms with E-state index in [1.165, 1.54) is 24.4 Å². The molecule has 1 amide bonds. The first-order valence-electron chi connectivity index (χ1n) is 13.8. The Labute approximate surface area is 247 Å². The largest absolute Gasteiger partial charge is 0.436 e. The lowest BCUT2D eigenvalue weighted by Crippen LogP contribution is -2.41. The minimum Gasteiger partial charge on any atom is -0.436 e. The standard InChI is InChI=1S/C32H29FN6O4/c1-19-28(31(42)39(38(19)2)24-6-4-3-5-7-24)30(41)35-23-14-15-26(25(33)18-23)43-27-16-17-34-32(37-27)36-22-12-10-21(11-13-22)29(40)20-8-9-20/h3-7,10-18,20,31,42H,8-9H2,1-2H3,(H,35,41)(H,34,36,37). The zero-order chi connectivity index (χ0) is 30.1. The maximum absolute atomic E-state index is 15.0. The van der Waals surface area contributed by atoms with Gasteiger partial charge in [-0.1, -0.05) is 18.2 Å². The number of anilines is 4. The third-order valence-electron chi connectivity index (χ3n) is 7.36. The minimum absolute atomic E-state index is 0.100. The van der Waals surface area contributed by atoms with Crippen LogP contribution in [-0.4, -0.2) is 45.0 Å². The number of carbonyl (C=O) groups excluding carboxylic acids is 2. The summed E-state index contributed by atoms with van der Waals surface area (Å²) in [6.45, 7) is 1.73. The van der Waals surface area contributed by atoms with Crippen LogP contribution in [0.1, 0.15) is 30.1 Å². The number of para-hydroxylation sites is 1. The molecule has 2 heterocycles. The number of aliphatic hydroxyl groups excluding tert-OH is 1. The van der Waals surface area contributed by atoms with Crippen LogP contribution in [0, 0.1) is 11.7 Å². The van der Waals surface area contributed by atoms with Crippen LogP contribution >= 0.6 is 0 Å². The predicted molar refractivity (Wildman–Crippen MR) is 159 cm³/mol. The minimum atomic E-state index is -1.22. The second kappa shape index (κ2) is 11.5. The Hall–Kier alpha value is -5.29. The maximum Gasteiger partial charge on any atom is 0.258 e. The Kier molecular flexibility index (Phi) is 7.47. The highest BCUT2D eigenvalue weighted by Crippen LogP contribution is 2.34. The van der Waals surface area contributed by atoms with E-state index in [1.54, 1.807) is 48.3 Å². The molecule has 1 atom stereocenters. The molecule has 0 spiro atoms. The smallest absolute Gasteiger partial charge is 0.258 e. The van der Waals surface area contributed by atoms with E-state index < -0.39 is 18.0 Å². The number of halogens is 1. The number of hydrogen-bond donors (Lipinski definition) is 3. The van der Waals surface area contributed by atoms with E-state index in [2.05, 4.69) is 20.6 Å². The second-order valence-electron chi connectivity index (χ2n) is 10.3. The van der Waals surface area contributed by atoms with Gasteiger partial charge in [0.2, 0.25) is 11.8 Å². The Morgan fingerprint density at radius 1 is 1.00 bits per heavy atom. The zero-order valence-electron chi connectivity index (χ0n) is 23.5. The molecule has 4 aromatic rings. The Balaban J connectivity index is 1.10. The number of nitrogens with one attached hydrogen (secondary N) is 2. The molecule has 1 fully saturated rings. The third kappa shape index (κ3) is 5.88. The van der Waals surface area contributed by atoms with Crippen LogP contribution in [0.4, 0.5) is 27.4 Å². The molecule has 1 saturated carbocycles. The van der Waals surface area contributed by atoms with Crippen molar-refractivity contribution in [1.82, 2.24) is 15.0 Å². The number of ketones is 1. The molecule has 2 aliphatic rings. The SMILES string of the molecule is CC1=C(C(=O)Nc2ccc(Oc3ccnc(Nc4ccc(C(=O)C5CC5)cc4)n3)c(F)c2)C(O)N(c2ccccc2)N1C. The van der Waals surface area contributed by atoms with Gasteiger partial charge in [-0.2, -0.15) is 4.98 Å². The Morgan fingerprint density at radius 3 is 2.42 bits per heavy atom. The van der Waals surface area contributed by atoms with Gasteiger partial charge in [0.15, 0.2) is 23.6 Å². The summed E-state index contributed by atoms with van der Waals surface area (Å²) in [5.74, 6) is -0.726. The number of ether oxygens (including phenoxy) is 1. The average molecular weight is 581 g/mol. The summed E-state index contributed by atoms with van der Waals surface area (Å²) in [5, 5.41) is 20.0. The van der Waals surface area contributed by atoms with Gasteiger partial charge in [0, 0.05) is 53.9 Å². The van der Waals surface area contributed by atoms with E-state index in [-0.39, 0.29) is 40.5 Å². The molecule has 0 radical (unpaired) electrons. The number of Topliss-reactive ketones (excluding diaryl/α,β-unsaturated/α-hetero) is 1. The molecule has 43 heavy (non-hydrogen) atoms. The van der Waals surface area contributed by atoms with Crippen molar-refractivity contribution in [1.29, 1.82) is 0 Å². The van der Waals surface area contributed by atoms with Crippen LogP contribution < -0.4 is 20.4 Å². The van der Waals surface area contributed by atoms with Gasteiger partial charge in [-0.05, 0) is 68.3 Å². The quantitative estimate of drug-likeness (QED) is 0.216. The second-order valence-corrected chi connectivity index (χ2v) is 10.3. The molecule has 1 aliphatic heterocycles. The van der Waals surface area contributed by atoms with Crippen molar-refractivity contribution in [3.8, 4) is 11.6 Å². The average Bonchev–Trinajstić information content (AvgIpc) is 3.82. The lowest BCUT2D eigenvalue weighted by Gasteiger charge is -2.31. The highest BCUT2D eigenvalue weighted by molar-refractivity contribution is 6.05. The summed E-state index contributed by atoms with van der Waals surface area (Å²) in [6.07, 6.45) is 2.15. The number of benzene rings is 3. The normalized spacial score (nSPS) is 16.3. The van der Waals surface area contributed by atoms with Gasteiger partial charge >= 0.3 is 0 Å². The lowest BCUT2D eigenvalue weighted by atomic mass is 10.1. The molecule has 11 heteroatoms. The van der Waals surface area contributed by atoms with Crippen molar-refractivity contribution >= 4 is 34.7 Å². The number of rotatable bonds is 9. The van der Waals surface area contributed by atoms with Crippen molar-refractivity contribution in [2.75, 3.05) is 22.7 Å². The Morgan fingerprint density at radius 2 is 1.72 bits per heavy atom. The van der Waals surface area contributed by atoms with E-state index in [0.29, 0.717) is 22.6 Å². The summed E-state index contributed by atoms with van der Waals surface area (Å²) < 4.78 is 20.7. The van der Waals surface area contributed by atoms with Crippen LogP contribution in [-0.2, 0) is 4.79 Å². The number of hydrogen-bond acceptors (Lipinski definition) is 9. The number of carbonyl (C=O) groups is 2. The first-order chi connectivity index (χ1) is 20.8. The van der Waals surface area contributed by atoms with Crippen molar-refractivity contribution in [3.05, 3.63) is 108 Å². The number of nitrogens with zero attached hydrogens (tertiary/aromatic N) is 4. The van der Waals surface area contributed by atoms with Gasteiger partial charge in [0.1, 0.15) is 0 Å². The number of amides is 1. The van der Waals surface area contributed by atoms with E-state index >= 15 is 4.39 Å². The van der Waals surface area contributed by atoms with E-state index in [9.17, 15) is 14.7 Å².